The molecular formula is C12H17N3O2. The van der Waals surface area contributed by atoms with E-state index in [0.29, 0.717) is 26.2 Å². The number of hydrogen-bond acceptors (Lipinski definition) is 4. The van der Waals surface area contributed by atoms with Crippen LogP contribution < -0.4 is 5.32 Å². The first-order chi connectivity index (χ1) is 8.31. The fourth-order valence-corrected chi connectivity index (χ4v) is 1.88. The summed E-state index contributed by atoms with van der Waals surface area (Å²) in [5.74, 6) is 0.108. The maximum Gasteiger partial charge on any atom is 0.236 e. The predicted octanol–water partition coefficient (Wildman–Crippen LogP) is 0.201. The van der Waals surface area contributed by atoms with Crippen molar-refractivity contribution in [1.29, 1.82) is 0 Å². The second kappa shape index (κ2) is 5.75. The van der Waals surface area contributed by atoms with Crippen molar-refractivity contribution < 1.29 is 9.53 Å². The van der Waals surface area contributed by atoms with Crippen molar-refractivity contribution in [3.05, 3.63) is 30.1 Å². The van der Waals surface area contributed by atoms with Crippen LogP contribution in [0.4, 0.5) is 0 Å². The number of carbonyl (C=O) groups is 1. The van der Waals surface area contributed by atoms with E-state index in [9.17, 15) is 4.79 Å². The van der Waals surface area contributed by atoms with Gasteiger partial charge >= 0.3 is 0 Å². The van der Waals surface area contributed by atoms with E-state index in [1.807, 2.05) is 23.1 Å². The van der Waals surface area contributed by atoms with Gasteiger partial charge in [-0.25, -0.2) is 0 Å². The minimum atomic E-state index is -0.106. The average molecular weight is 235 g/mol. The molecule has 5 heteroatoms. The molecule has 2 rings (SSSR count). The Kier molecular flexibility index (Phi) is 4.06. The van der Waals surface area contributed by atoms with Crippen LogP contribution in [0.2, 0.25) is 0 Å². The summed E-state index contributed by atoms with van der Waals surface area (Å²) < 4.78 is 5.65. The van der Waals surface area contributed by atoms with Crippen LogP contribution in [-0.4, -0.2) is 49.1 Å². The molecule has 0 aromatic carbocycles. The van der Waals surface area contributed by atoms with Crippen molar-refractivity contribution in [2.45, 2.75) is 6.10 Å². The highest BCUT2D eigenvalue weighted by molar-refractivity contribution is 5.78. The van der Waals surface area contributed by atoms with Crippen molar-refractivity contribution in [1.82, 2.24) is 15.2 Å². The molecule has 2 heterocycles. The van der Waals surface area contributed by atoms with Crippen LogP contribution in [0.1, 0.15) is 11.8 Å². The first-order valence-corrected chi connectivity index (χ1v) is 5.76. The van der Waals surface area contributed by atoms with Gasteiger partial charge in [-0.1, -0.05) is 6.07 Å². The summed E-state index contributed by atoms with van der Waals surface area (Å²) >= 11 is 0. The highest BCUT2D eigenvalue weighted by Gasteiger charge is 2.25. The Morgan fingerprint density at radius 2 is 2.53 bits per heavy atom. The zero-order chi connectivity index (χ0) is 12.1. The number of morpholine rings is 1. The molecule has 1 N–H and O–H groups in total. The lowest BCUT2D eigenvalue weighted by atomic mass is 10.2. The Labute approximate surface area is 101 Å². The molecular weight excluding hydrogens is 218 g/mol. The topological polar surface area (TPSA) is 54.5 Å². The van der Waals surface area contributed by atoms with Crippen LogP contribution in [0.3, 0.4) is 0 Å². The lowest BCUT2D eigenvalue weighted by Crippen LogP contribution is -2.45. The predicted molar refractivity (Wildman–Crippen MR) is 63.4 cm³/mol. The van der Waals surface area contributed by atoms with Crippen LogP contribution in [0.5, 0.6) is 0 Å². The van der Waals surface area contributed by atoms with Crippen LogP contribution in [0, 0.1) is 0 Å². The van der Waals surface area contributed by atoms with Gasteiger partial charge in [0.25, 0.3) is 0 Å². The Morgan fingerprint density at radius 3 is 3.24 bits per heavy atom. The molecule has 1 aliphatic heterocycles. The van der Waals surface area contributed by atoms with E-state index in [2.05, 4.69) is 10.3 Å². The lowest BCUT2D eigenvalue weighted by molar-refractivity contribution is -0.138. The van der Waals surface area contributed by atoms with Gasteiger partial charge in [-0.3, -0.25) is 9.78 Å². The molecule has 0 saturated carbocycles. The van der Waals surface area contributed by atoms with Crippen LogP contribution in [-0.2, 0) is 9.53 Å². The van der Waals surface area contributed by atoms with Crippen molar-refractivity contribution in [2.75, 3.05) is 33.3 Å². The quantitative estimate of drug-likeness (QED) is 0.813. The summed E-state index contributed by atoms with van der Waals surface area (Å²) in [6, 6.07) is 5.73. The highest BCUT2D eigenvalue weighted by atomic mass is 16.5. The molecule has 1 aliphatic rings. The second-order valence-electron chi connectivity index (χ2n) is 3.98. The SMILES string of the molecule is CNCC(=O)N1CCOC(c2ccccn2)C1. The summed E-state index contributed by atoms with van der Waals surface area (Å²) in [5, 5.41) is 2.87. The monoisotopic (exact) mass is 235 g/mol. The van der Waals surface area contributed by atoms with E-state index < -0.39 is 0 Å². The summed E-state index contributed by atoms with van der Waals surface area (Å²) in [4.78, 5) is 17.8. The number of pyridine rings is 1. The van der Waals surface area contributed by atoms with Gasteiger partial charge in [-0.15, -0.1) is 0 Å². The normalized spacial score (nSPS) is 20.3. The lowest BCUT2D eigenvalue weighted by Gasteiger charge is -2.32. The Morgan fingerprint density at radius 1 is 1.65 bits per heavy atom. The molecule has 17 heavy (non-hydrogen) atoms. The number of rotatable bonds is 3. The fraction of sp³-hybridized carbons (Fsp3) is 0.500. The number of amides is 1. The molecule has 0 radical (unpaired) electrons. The molecule has 1 atom stereocenters. The fourth-order valence-electron chi connectivity index (χ4n) is 1.88. The third kappa shape index (κ3) is 3.01. The van der Waals surface area contributed by atoms with Gasteiger partial charge in [0.2, 0.25) is 5.91 Å². The Bertz CT molecular complexity index is 369. The third-order valence-electron chi connectivity index (χ3n) is 2.76. The molecule has 1 aromatic heterocycles. The van der Waals surface area contributed by atoms with Crippen LogP contribution in [0.15, 0.2) is 24.4 Å². The maximum atomic E-state index is 11.8. The van der Waals surface area contributed by atoms with Crippen molar-refractivity contribution >= 4 is 5.91 Å². The molecule has 0 spiro atoms. The summed E-state index contributed by atoms with van der Waals surface area (Å²) in [5.41, 5.74) is 0.884. The van der Waals surface area contributed by atoms with Gasteiger partial charge in [0.15, 0.2) is 0 Å². The van der Waals surface area contributed by atoms with E-state index in [1.165, 1.54) is 0 Å². The highest BCUT2D eigenvalue weighted by Crippen LogP contribution is 2.19. The van der Waals surface area contributed by atoms with Crippen molar-refractivity contribution in [2.24, 2.45) is 0 Å². The molecule has 1 saturated heterocycles. The van der Waals surface area contributed by atoms with E-state index in [0.717, 1.165) is 5.69 Å². The Hall–Kier alpha value is -1.46. The second-order valence-corrected chi connectivity index (χ2v) is 3.98. The van der Waals surface area contributed by atoms with Gasteiger partial charge in [-0.2, -0.15) is 0 Å². The number of hydrogen-bond donors (Lipinski definition) is 1. The molecule has 1 amide bonds. The maximum absolute atomic E-state index is 11.8. The smallest absolute Gasteiger partial charge is 0.236 e. The standard InChI is InChI=1S/C12H17N3O2/c1-13-8-12(16)15-6-7-17-11(9-15)10-4-2-3-5-14-10/h2-5,11,13H,6-9H2,1H3. The molecule has 1 fully saturated rings. The van der Waals surface area contributed by atoms with Crippen molar-refractivity contribution in [3.8, 4) is 0 Å². The largest absolute Gasteiger partial charge is 0.368 e. The molecule has 0 aliphatic carbocycles. The average Bonchev–Trinajstić information content (AvgIpc) is 2.40. The minimum absolute atomic E-state index is 0.106. The summed E-state index contributed by atoms with van der Waals surface area (Å²) in [6.45, 7) is 2.17. The van der Waals surface area contributed by atoms with Crippen LogP contribution >= 0.6 is 0 Å². The molecule has 0 bridgehead atoms. The minimum Gasteiger partial charge on any atom is -0.368 e. The van der Waals surface area contributed by atoms with Gasteiger partial charge in [0.1, 0.15) is 6.10 Å². The summed E-state index contributed by atoms with van der Waals surface area (Å²) in [7, 11) is 1.77. The Balaban J connectivity index is 2.00. The van der Waals surface area contributed by atoms with Crippen molar-refractivity contribution in [3.63, 3.8) is 0 Å². The summed E-state index contributed by atoms with van der Waals surface area (Å²) in [6.07, 6.45) is 1.64. The van der Waals surface area contributed by atoms with Gasteiger partial charge in [0.05, 0.1) is 25.4 Å². The number of ether oxygens (including phenoxy) is 1. The number of nitrogens with zero attached hydrogens (tertiary/aromatic N) is 2. The molecule has 1 unspecified atom stereocenters. The van der Waals surface area contributed by atoms with Gasteiger partial charge < -0.3 is 15.0 Å². The van der Waals surface area contributed by atoms with E-state index in [4.69, 9.17) is 4.74 Å². The van der Waals surface area contributed by atoms with E-state index in [1.54, 1.807) is 13.2 Å². The van der Waals surface area contributed by atoms with E-state index in [-0.39, 0.29) is 12.0 Å². The third-order valence-corrected chi connectivity index (χ3v) is 2.76. The van der Waals surface area contributed by atoms with Crippen LogP contribution in [0.25, 0.3) is 0 Å². The van der Waals surface area contributed by atoms with E-state index >= 15 is 0 Å². The molecule has 1 aromatic rings. The zero-order valence-electron chi connectivity index (χ0n) is 9.93. The van der Waals surface area contributed by atoms with Gasteiger partial charge in [0, 0.05) is 12.7 Å². The zero-order valence-corrected chi connectivity index (χ0v) is 9.93. The first-order valence-electron chi connectivity index (χ1n) is 5.76. The molecule has 92 valence electrons. The molecule has 5 nitrogen and oxygen atoms in total. The number of carbonyl (C=O) groups excluding carboxylic acids is 1. The number of nitrogens with one attached hydrogen (secondary N) is 1. The van der Waals surface area contributed by atoms with Gasteiger partial charge in [-0.05, 0) is 19.2 Å². The first kappa shape index (κ1) is 12.0. The number of aromatic nitrogens is 1. The number of likely N-dealkylation sites (N-methyl/N-ethyl adjacent to an activating group) is 1.